The van der Waals surface area contributed by atoms with Crippen molar-refractivity contribution in [2.45, 2.75) is 12.5 Å². The van der Waals surface area contributed by atoms with Gasteiger partial charge in [-0.2, -0.15) is 0 Å². The third kappa shape index (κ3) is 2.25. The summed E-state index contributed by atoms with van der Waals surface area (Å²) in [4.78, 5) is 9.78. The molecule has 0 saturated carbocycles. The third-order valence-corrected chi connectivity index (χ3v) is 3.81. The molecule has 1 aromatic carbocycles. The number of pyridine rings is 1. The Bertz CT molecular complexity index is 649. The smallest absolute Gasteiger partial charge is 0.0794 e. The Balaban J connectivity index is 1.86. The van der Waals surface area contributed by atoms with Crippen LogP contribution < -0.4 is 5.73 Å². The Morgan fingerprint density at radius 2 is 2.06 bits per heavy atom. The highest BCUT2D eigenvalue weighted by molar-refractivity contribution is 7.09. The molecule has 4 heteroatoms. The summed E-state index contributed by atoms with van der Waals surface area (Å²) < 4.78 is 0. The minimum atomic E-state index is -0.0221. The average molecular weight is 255 g/mol. The van der Waals surface area contributed by atoms with Gasteiger partial charge in [-0.25, -0.2) is 0 Å². The first-order chi connectivity index (χ1) is 8.83. The SMILES string of the molecule is NC(Cc1ccc2ccccc2n1)c1cncs1. The van der Waals surface area contributed by atoms with Crippen molar-refractivity contribution in [1.29, 1.82) is 0 Å². The maximum Gasteiger partial charge on any atom is 0.0794 e. The molecule has 90 valence electrons. The van der Waals surface area contributed by atoms with Crippen LogP contribution in [-0.2, 0) is 6.42 Å². The molecule has 0 radical (unpaired) electrons. The molecule has 0 fully saturated rings. The summed E-state index contributed by atoms with van der Waals surface area (Å²) in [6, 6.07) is 12.2. The molecule has 3 rings (SSSR count). The van der Waals surface area contributed by atoms with Crippen LogP contribution in [0.25, 0.3) is 10.9 Å². The zero-order valence-electron chi connectivity index (χ0n) is 9.78. The molecule has 0 bridgehead atoms. The Morgan fingerprint density at radius 3 is 2.89 bits per heavy atom. The van der Waals surface area contributed by atoms with E-state index in [0.717, 1.165) is 27.9 Å². The molecule has 2 heterocycles. The maximum absolute atomic E-state index is 6.15. The fourth-order valence-electron chi connectivity index (χ4n) is 1.96. The van der Waals surface area contributed by atoms with Crippen LogP contribution in [0.3, 0.4) is 0 Å². The van der Waals surface area contributed by atoms with Gasteiger partial charge >= 0.3 is 0 Å². The lowest BCUT2D eigenvalue weighted by Crippen LogP contribution is -2.12. The zero-order valence-corrected chi connectivity index (χ0v) is 10.6. The second kappa shape index (κ2) is 4.84. The van der Waals surface area contributed by atoms with Crippen molar-refractivity contribution in [1.82, 2.24) is 9.97 Å². The first kappa shape index (κ1) is 11.3. The molecule has 3 aromatic rings. The Kier molecular flexibility index (Phi) is 3.04. The van der Waals surface area contributed by atoms with Crippen LogP contribution in [0.1, 0.15) is 16.6 Å². The van der Waals surface area contributed by atoms with E-state index in [1.54, 1.807) is 11.3 Å². The van der Waals surface area contributed by atoms with E-state index in [2.05, 4.69) is 22.1 Å². The lowest BCUT2D eigenvalue weighted by molar-refractivity contribution is 0.721. The first-order valence-electron chi connectivity index (χ1n) is 5.81. The van der Waals surface area contributed by atoms with Crippen LogP contribution >= 0.6 is 11.3 Å². The molecule has 2 aromatic heterocycles. The molecular weight excluding hydrogens is 242 g/mol. The molecule has 0 amide bonds. The van der Waals surface area contributed by atoms with Gasteiger partial charge in [-0.3, -0.25) is 9.97 Å². The molecule has 1 atom stereocenters. The number of hydrogen-bond acceptors (Lipinski definition) is 4. The molecule has 0 saturated heterocycles. The van der Waals surface area contributed by atoms with Crippen molar-refractivity contribution in [2.75, 3.05) is 0 Å². The van der Waals surface area contributed by atoms with Gasteiger partial charge in [0.25, 0.3) is 0 Å². The van der Waals surface area contributed by atoms with Gasteiger partial charge in [0, 0.05) is 34.6 Å². The van der Waals surface area contributed by atoms with Crippen LogP contribution in [0.2, 0.25) is 0 Å². The molecule has 0 spiro atoms. The van der Waals surface area contributed by atoms with E-state index in [9.17, 15) is 0 Å². The van der Waals surface area contributed by atoms with Crippen LogP contribution in [0, 0.1) is 0 Å². The number of aromatic nitrogens is 2. The summed E-state index contributed by atoms with van der Waals surface area (Å²) in [7, 11) is 0. The summed E-state index contributed by atoms with van der Waals surface area (Å²) in [5, 5.41) is 1.16. The Morgan fingerprint density at radius 1 is 1.17 bits per heavy atom. The van der Waals surface area contributed by atoms with E-state index in [4.69, 9.17) is 5.73 Å². The zero-order chi connectivity index (χ0) is 12.4. The lowest BCUT2D eigenvalue weighted by Gasteiger charge is -2.09. The molecule has 1 unspecified atom stereocenters. The number of fused-ring (bicyclic) bond motifs is 1. The minimum absolute atomic E-state index is 0.0221. The molecule has 3 nitrogen and oxygen atoms in total. The van der Waals surface area contributed by atoms with Gasteiger partial charge < -0.3 is 5.73 Å². The van der Waals surface area contributed by atoms with Crippen molar-refractivity contribution < 1.29 is 0 Å². The van der Waals surface area contributed by atoms with Crippen LogP contribution in [0.4, 0.5) is 0 Å². The van der Waals surface area contributed by atoms with Gasteiger partial charge in [0.2, 0.25) is 0 Å². The van der Waals surface area contributed by atoms with Gasteiger partial charge in [-0.15, -0.1) is 11.3 Å². The van der Waals surface area contributed by atoms with Crippen LogP contribution in [-0.4, -0.2) is 9.97 Å². The predicted octanol–water partition coefficient (Wildman–Crippen LogP) is 2.93. The second-order valence-corrected chi connectivity index (χ2v) is 5.13. The molecule has 0 aliphatic rings. The second-order valence-electron chi connectivity index (χ2n) is 4.21. The molecular formula is C14H13N3S. The summed E-state index contributed by atoms with van der Waals surface area (Å²) in [5.74, 6) is 0. The highest BCUT2D eigenvalue weighted by Crippen LogP contribution is 2.20. The number of nitrogens with two attached hydrogens (primary N) is 1. The third-order valence-electron chi connectivity index (χ3n) is 2.90. The lowest BCUT2D eigenvalue weighted by atomic mass is 10.1. The average Bonchev–Trinajstić information content (AvgIpc) is 2.92. The summed E-state index contributed by atoms with van der Waals surface area (Å²) >= 11 is 1.59. The van der Waals surface area contributed by atoms with E-state index >= 15 is 0 Å². The van der Waals surface area contributed by atoms with E-state index in [1.807, 2.05) is 36.0 Å². The number of benzene rings is 1. The highest BCUT2D eigenvalue weighted by atomic mass is 32.1. The van der Waals surface area contributed by atoms with Crippen LogP contribution in [0.15, 0.2) is 48.1 Å². The van der Waals surface area contributed by atoms with Gasteiger partial charge in [0.1, 0.15) is 0 Å². The van der Waals surface area contributed by atoms with E-state index < -0.39 is 0 Å². The Labute approximate surface area is 109 Å². The number of para-hydroxylation sites is 1. The summed E-state index contributed by atoms with van der Waals surface area (Å²) in [6.45, 7) is 0. The van der Waals surface area contributed by atoms with E-state index in [1.165, 1.54) is 0 Å². The van der Waals surface area contributed by atoms with Crippen molar-refractivity contribution in [2.24, 2.45) is 5.73 Å². The molecule has 0 aliphatic heterocycles. The fourth-order valence-corrected chi connectivity index (χ4v) is 2.58. The first-order valence-corrected chi connectivity index (χ1v) is 6.69. The topological polar surface area (TPSA) is 51.8 Å². The molecule has 18 heavy (non-hydrogen) atoms. The normalized spacial score (nSPS) is 12.7. The van der Waals surface area contributed by atoms with Gasteiger partial charge in [-0.1, -0.05) is 24.3 Å². The maximum atomic E-state index is 6.15. The fraction of sp³-hybridized carbons (Fsp3) is 0.143. The number of hydrogen-bond donors (Lipinski definition) is 1. The largest absolute Gasteiger partial charge is 0.323 e. The highest BCUT2D eigenvalue weighted by Gasteiger charge is 2.09. The number of thiazole rings is 1. The number of rotatable bonds is 3. The standard InChI is InChI=1S/C14H13N3S/c15-12(14-8-16-9-18-14)7-11-6-5-10-3-1-2-4-13(10)17-11/h1-6,8-9,12H,7,15H2. The summed E-state index contributed by atoms with van der Waals surface area (Å²) in [5.41, 5.74) is 10.00. The Hall–Kier alpha value is -1.78. The van der Waals surface area contributed by atoms with Crippen LogP contribution in [0.5, 0.6) is 0 Å². The van der Waals surface area contributed by atoms with Crippen molar-refractivity contribution in [3.63, 3.8) is 0 Å². The van der Waals surface area contributed by atoms with Crippen molar-refractivity contribution >= 4 is 22.2 Å². The molecule has 2 N–H and O–H groups in total. The quantitative estimate of drug-likeness (QED) is 0.783. The molecule has 0 aliphatic carbocycles. The minimum Gasteiger partial charge on any atom is -0.323 e. The van der Waals surface area contributed by atoms with Gasteiger partial charge in [-0.05, 0) is 12.1 Å². The van der Waals surface area contributed by atoms with E-state index in [-0.39, 0.29) is 6.04 Å². The van der Waals surface area contributed by atoms with Crippen molar-refractivity contribution in [3.05, 3.63) is 58.7 Å². The summed E-state index contributed by atoms with van der Waals surface area (Å²) in [6.07, 6.45) is 2.57. The van der Waals surface area contributed by atoms with E-state index in [0.29, 0.717) is 0 Å². The van der Waals surface area contributed by atoms with Gasteiger partial charge in [0.05, 0.1) is 11.0 Å². The monoisotopic (exact) mass is 255 g/mol. The number of nitrogens with zero attached hydrogens (tertiary/aromatic N) is 2. The van der Waals surface area contributed by atoms with Gasteiger partial charge in [0.15, 0.2) is 0 Å². The van der Waals surface area contributed by atoms with Crippen molar-refractivity contribution in [3.8, 4) is 0 Å². The predicted molar refractivity (Wildman–Crippen MR) is 74.5 cm³/mol.